The molecule has 10 nitrogen and oxygen atoms in total. The molecule has 2 N–H and O–H groups in total. The Morgan fingerprint density at radius 3 is 2.00 bits per heavy atom. The van der Waals surface area contributed by atoms with Crippen LogP contribution >= 0.6 is 11.3 Å². The predicted molar refractivity (Wildman–Crippen MR) is 166 cm³/mol. The zero-order valence-electron chi connectivity index (χ0n) is 23.6. The molecule has 224 valence electrons. The summed E-state index contributed by atoms with van der Waals surface area (Å²) in [6, 6.07) is 29.8. The molecule has 1 saturated heterocycles. The number of nitrogens with one attached hydrogen (secondary N) is 2. The third-order valence-electron chi connectivity index (χ3n) is 7.62. The molecule has 4 atom stereocenters. The van der Waals surface area contributed by atoms with Gasteiger partial charge in [0.25, 0.3) is 5.56 Å². The molecule has 0 bridgehead atoms. The van der Waals surface area contributed by atoms with E-state index in [9.17, 15) is 9.59 Å². The van der Waals surface area contributed by atoms with Crippen molar-refractivity contribution in [3.63, 3.8) is 0 Å². The smallest absolute Gasteiger partial charge is 0.326 e. The largest absolute Gasteiger partial charge is 0.374 e. The highest BCUT2D eigenvalue weighted by Gasteiger charge is 2.48. The Kier molecular flexibility index (Phi) is 8.18. The van der Waals surface area contributed by atoms with Gasteiger partial charge in [-0.1, -0.05) is 91.0 Å². The Bertz CT molecular complexity index is 1950. The lowest BCUT2D eigenvalue weighted by atomic mass is 10.1. The Morgan fingerprint density at radius 2 is 1.36 bits per heavy atom. The summed E-state index contributed by atoms with van der Waals surface area (Å²) in [5.74, 6) is 0. The molecule has 0 amide bonds. The summed E-state index contributed by atoms with van der Waals surface area (Å²) < 4.78 is 28.3. The number of fused-ring (bicyclic) bond motifs is 3. The van der Waals surface area contributed by atoms with Crippen molar-refractivity contribution >= 4 is 31.9 Å². The van der Waals surface area contributed by atoms with Crippen LogP contribution < -0.4 is 11.2 Å². The van der Waals surface area contributed by atoms with E-state index in [1.165, 1.54) is 11.3 Å². The van der Waals surface area contributed by atoms with Gasteiger partial charge in [0.1, 0.15) is 33.4 Å². The summed E-state index contributed by atoms with van der Waals surface area (Å²) in [7, 11) is 0. The minimum atomic E-state index is -0.685. The van der Waals surface area contributed by atoms with Crippen LogP contribution in [0.3, 0.4) is 0 Å². The number of rotatable bonds is 11. The Morgan fingerprint density at radius 1 is 0.773 bits per heavy atom. The maximum absolute atomic E-state index is 12.6. The van der Waals surface area contributed by atoms with E-state index in [1.807, 2.05) is 95.6 Å². The first-order valence-corrected chi connectivity index (χ1v) is 15.2. The van der Waals surface area contributed by atoms with Gasteiger partial charge in [-0.25, -0.2) is 9.78 Å². The summed E-state index contributed by atoms with van der Waals surface area (Å²) in [6.07, 6.45) is -0.603. The van der Waals surface area contributed by atoms with E-state index in [4.69, 9.17) is 18.9 Å². The van der Waals surface area contributed by atoms with Gasteiger partial charge >= 0.3 is 5.69 Å². The molecule has 0 aliphatic carbocycles. The SMILES string of the molecule is O=c1[nH]c(=O)c2sc3ncn([C@@H]4O[C@H](COCc5ccccc5)[C@@H](OCc5ccccc5)[C@H]4OCc4ccccc4)c3c2[nH]1. The van der Waals surface area contributed by atoms with Gasteiger partial charge in [0, 0.05) is 0 Å². The fourth-order valence-corrected chi connectivity index (χ4v) is 6.52. The van der Waals surface area contributed by atoms with Crippen LogP contribution in [-0.2, 0) is 38.8 Å². The van der Waals surface area contributed by atoms with E-state index in [0.29, 0.717) is 40.4 Å². The second-order valence-electron chi connectivity index (χ2n) is 10.6. The normalized spacial score (nSPS) is 20.1. The molecule has 1 aliphatic rings. The van der Waals surface area contributed by atoms with E-state index in [0.717, 1.165) is 16.7 Å². The highest BCUT2D eigenvalue weighted by molar-refractivity contribution is 7.25. The van der Waals surface area contributed by atoms with E-state index in [2.05, 4.69) is 15.0 Å². The number of aromatic amines is 2. The van der Waals surface area contributed by atoms with Crippen LogP contribution in [0.5, 0.6) is 0 Å². The Balaban J connectivity index is 1.25. The van der Waals surface area contributed by atoms with Crippen molar-refractivity contribution in [3.8, 4) is 0 Å². The summed E-state index contributed by atoms with van der Waals surface area (Å²) in [5.41, 5.74) is 3.04. The molecular weight excluding hydrogens is 580 g/mol. The van der Waals surface area contributed by atoms with Crippen LogP contribution in [-0.4, -0.2) is 44.4 Å². The van der Waals surface area contributed by atoms with Gasteiger partial charge in [-0.15, -0.1) is 11.3 Å². The number of thiophene rings is 1. The third kappa shape index (κ3) is 5.88. The molecule has 1 aliphatic heterocycles. The average Bonchev–Trinajstić information content (AvgIpc) is 3.73. The minimum absolute atomic E-state index is 0.259. The van der Waals surface area contributed by atoms with Gasteiger partial charge in [0.2, 0.25) is 0 Å². The molecule has 11 heteroatoms. The lowest BCUT2D eigenvalue weighted by Gasteiger charge is -2.25. The minimum Gasteiger partial charge on any atom is -0.374 e. The molecule has 0 radical (unpaired) electrons. The molecule has 44 heavy (non-hydrogen) atoms. The van der Waals surface area contributed by atoms with Crippen LogP contribution in [0.4, 0.5) is 0 Å². The monoisotopic (exact) mass is 610 g/mol. The molecule has 0 saturated carbocycles. The summed E-state index contributed by atoms with van der Waals surface area (Å²) >= 11 is 1.21. The maximum Gasteiger partial charge on any atom is 0.326 e. The van der Waals surface area contributed by atoms with Gasteiger partial charge < -0.3 is 23.9 Å². The topological polar surface area (TPSA) is 120 Å². The zero-order valence-corrected chi connectivity index (χ0v) is 24.4. The van der Waals surface area contributed by atoms with Gasteiger partial charge in [0.05, 0.1) is 38.3 Å². The fraction of sp³-hybridized carbons (Fsp3) is 0.242. The maximum atomic E-state index is 12.6. The standard InChI is InChI=1S/C33H30N4O6S/c38-30-29-25(35-33(39)36-30)26-31(44-29)34-20-37(26)32-28(42-18-23-14-8-3-9-15-23)27(41-17-22-12-6-2-7-13-22)24(43-32)19-40-16-21-10-4-1-5-11-21/h1-15,20,24,27-28,32H,16-19H2,(H2,35,36,38,39)/t24-,27-,28-,32-/m1/s1. The van der Waals surface area contributed by atoms with Gasteiger partial charge in [-0.05, 0) is 16.7 Å². The number of aromatic nitrogens is 4. The Labute approximate surface area is 255 Å². The van der Waals surface area contributed by atoms with Crippen LogP contribution in [0.2, 0.25) is 0 Å². The van der Waals surface area contributed by atoms with Gasteiger partial charge in [-0.3, -0.25) is 14.3 Å². The first-order chi connectivity index (χ1) is 21.6. The van der Waals surface area contributed by atoms with Crippen molar-refractivity contribution in [2.45, 2.75) is 44.4 Å². The van der Waals surface area contributed by atoms with Gasteiger partial charge in [-0.2, -0.15) is 0 Å². The molecule has 4 heterocycles. The molecule has 3 aromatic heterocycles. The molecular formula is C33H30N4O6S. The molecule has 3 aromatic carbocycles. The van der Waals surface area contributed by atoms with E-state index in [1.54, 1.807) is 6.33 Å². The second kappa shape index (κ2) is 12.7. The number of benzene rings is 3. The van der Waals surface area contributed by atoms with E-state index < -0.39 is 35.8 Å². The van der Waals surface area contributed by atoms with Crippen LogP contribution in [0.1, 0.15) is 22.9 Å². The number of hydrogen-bond acceptors (Lipinski definition) is 8. The number of nitrogens with zero attached hydrogens (tertiary/aromatic N) is 2. The van der Waals surface area contributed by atoms with E-state index >= 15 is 0 Å². The van der Waals surface area contributed by atoms with Crippen molar-refractivity contribution in [1.29, 1.82) is 0 Å². The molecule has 6 aromatic rings. The summed E-state index contributed by atoms with van der Waals surface area (Å²) in [5, 5.41) is 0. The summed E-state index contributed by atoms with van der Waals surface area (Å²) in [6.45, 7) is 1.36. The molecule has 1 fully saturated rings. The predicted octanol–water partition coefficient (Wildman–Crippen LogP) is 4.91. The van der Waals surface area contributed by atoms with Crippen molar-refractivity contribution in [1.82, 2.24) is 19.5 Å². The lowest BCUT2D eigenvalue weighted by Crippen LogP contribution is -2.38. The van der Waals surface area contributed by atoms with Crippen LogP contribution in [0.25, 0.3) is 20.6 Å². The first kappa shape index (κ1) is 28.4. The van der Waals surface area contributed by atoms with Crippen molar-refractivity contribution < 1.29 is 18.9 Å². The summed E-state index contributed by atoms with van der Waals surface area (Å²) in [4.78, 5) is 35.1. The lowest BCUT2D eigenvalue weighted by molar-refractivity contribution is -0.0913. The molecule has 7 rings (SSSR count). The number of hydrogen-bond donors (Lipinski definition) is 2. The van der Waals surface area contributed by atoms with Crippen molar-refractivity contribution in [3.05, 3.63) is 135 Å². The number of H-pyrrole nitrogens is 2. The second-order valence-corrected chi connectivity index (χ2v) is 11.6. The highest BCUT2D eigenvalue weighted by Crippen LogP contribution is 2.39. The highest BCUT2D eigenvalue weighted by atomic mass is 32.1. The zero-order chi connectivity index (χ0) is 29.9. The quantitative estimate of drug-likeness (QED) is 0.214. The molecule has 0 unspecified atom stereocenters. The van der Waals surface area contributed by atoms with Crippen molar-refractivity contribution in [2.75, 3.05) is 6.61 Å². The Hall–Kier alpha value is -4.39. The fourth-order valence-electron chi connectivity index (χ4n) is 5.53. The average molecular weight is 611 g/mol. The number of imidazole rings is 1. The van der Waals surface area contributed by atoms with Crippen LogP contribution in [0.15, 0.2) is 107 Å². The number of ether oxygens (including phenoxy) is 4. The van der Waals surface area contributed by atoms with E-state index in [-0.39, 0.29) is 6.61 Å². The third-order valence-corrected chi connectivity index (χ3v) is 8.70. The molecule has 0 spiro atoms. The first-order valence-electron chi connectivity index (χ1n) is 14.3. The van der Waals surface area contributed by atoms with Gasteiger partial charge in [0.15, 0.2) is 6.23 Å². The van der Waals surface area contributed by atoms with Crippen molar-refractivity contribution in [2.24, 2.45) is 0 Å². The van der Waals surface area contributed by atoms with Crippen LogP contribution in [0, 0.1) is 0 Å².